The number of nitrogens with zero attached hydrogens (tertiary/aromatic N) is 1. The first-order valence-corrected chi connectivity index (χ1v) is 7.34. The van der Waals surface area contributed by atoms with E-state index < -0.39 is 0 Å². The highest BCUT2D eigenvalue weighted by atomic mass is 16.2. The van der Waals surface area contributed by atoms with E-state index in [9.17, 15) is 4.79 Å². The highest BCUT2D eigenvalue weighted by molar-refractivity contribution is 5.78. The molecule has 0 aliphatic carbocycles. The van der Waals surface area contributed by atoms with Gasteiger partial charge in [0, 0.05) is 37.7 Å². The molecule has 1 atom stereocenters. The van der Waals surface area contributed by atoms with E-state index in [-0.39, 0.29) is 0 Å². The molecular weight excluding hydrogens is 236 g/mol. The zero-order valence-corrected chi connectivity index (χ0v) is 11.6. The third-order valence-electron chi connectivity index (χ3n) is 4.50. The summed E-state index contributed by atoms with van der Waals surface area (Å²) in [6.45, 7) is 5.07. The van der Waals surface area contributed by atoms with Gasteiger partial charge < -0.3 is 10.2 Å². The lowest BCUT2D eigenvalue weighted by Crippen LogP contribution is -2.38. The number of hydrogen-bond acceptors (Lipinski definition) is 2. The fourth-order valence-electron chi connectivity index (χ4n) is 3.14. The second-order valence-electron chi connectivity index (χ2n) is 5.93. The van der Waals surface area contributed by atoms with Gasteiger partial charge in [0.2, 0.25) is 5.91 Å². The Morgan fingerprint density at radius 2 is 2.05 bits per heavy atom. The first-order chi connectivity index (χ1) is 9.24. The number of hydrogen-bond donors (Lipinski definition) is 1. The Balaban J connectivity index is 1.62. The van der Waals surface area contributed by atoms with Crippen molar-refractivity contribution in [1.29, 1.82) is 0 Å². The van der Waals surface area contributed by atoms with Crippen molar-refractivity contribution in [3.63, 3.8) is 0 Å². The number of nitrogens with one attached hydrogen (secondary N) is 1. The predicted molar refractivity (Wildman–Crippen MR) is 77.3 cm³/mol. The van der Waals surface area contributed by atoms with Crippen LogP contribution in [0.3, 0.4) is 0 Å². The van der Waals surface area contributed by atoms with Crippen molar-refractivity contribution in [2.45, 2.75) is 32.1 Å². The Bertz CT molecular complexity index is 464. The molecule has 0 bridgehead atoms. The van der Waals surface area contributed by atoms with Crippen molar-refractivity contribution in [2.75, 3.05) is 25.0 Å². The fourth-order valence-corrected chi connectivity index (χ4v) is 3.14. The number of piperidine rings is 1. The van der Waals surface area contributed by atoms with Gasteiger partial charge in [0.1, 0.15) is 0 Å². The van der Waals surface area contributed by atoms with Crippen LogP contribution in [0.4, 0.5) is 5.69 Å². The van der Waals surface area contributed by atoms with E-state index in [1.165, 1.54) is 11.3 Å². The number of para-hydroxylation sites is 1. The van der Waals surface area contributed by atoms with Crippen molar-refractivity contribution in [3.05, 3.63) is 29.8 Å². The molecule has 0 saturated carbocycles. The van der Waals surface area contributed by atoms with Crippen LogP contribution in [0, 0.1) is 5.92 Å². The van der Waals surface area contributed by atoms with Crippen molar-refractivity contribution in [3.8, 4) is 0 Å². The van der Waals surface area contributed by atoms with E-state index in [1.807, 2.05) is 6.07 Å². The molecule has 1 N–H and O–H groups in total. The molecule has 0 spiro atoms. The van der Waals surface area contributed by atoms with Crippen LogP contribution in [0.1, 0.15) is 37.7 Å². The molecule has 1 unspecified atom stereocenters. The Hall–Kier alpha value is -1.51. The van der Waals surface area contributed by atoms with Gasteiger partial charge in [0.15, 0.2) is 0 Å². The molecule has 1 fully saturated rings. The van der Waals surface area contributed by atoms with Crippen LogP contribution in [0.25, 0.3) is 0 Å². The summed E-state index contributed by atoms with van der Waals surface area (Å²) in [5, 5.41) is 3.39. The second-order valence-corrected chi connectivity index (χ2v) is 5.93. The van der Waals surface area contributed by atoms with E-state index >= 15 is 0 Å². The molecule has 1 aromatic carbocycles. The molecule has 0 aromatic heterocycles. The lowest BCUT2D eigenvalue weighted by atomic mass is 9.95. The van der Waals surface area contributed by atoms with Gasteiger partial charge in [-0.3, -0.25) is 4.79 Å². The molecule has 1 aromatic rings. The molecule has 102 valence electrons. The quantitative estimate of drug-likeness (QED) is 0.884. The molecule has 19 heavy (non-hydrogen) atoms. The zero-order chi connectivity index (χ0) is 13.2. The molecule has 2 heterocycles. The molecule has 3 heteroatoms. The summed E-state index contributed by atoms with van der Waals surface area (Å²) < 4.78 is 0. The number of benzene rings is 1. The third-order valence-corrected chi connectivity index (χ3v) is 4.50. The van der Waals surface area contributed by atoms with Crippen LogP contribution in [0.5, 0.6) is 0 Å². The van der Waals surface area contributed by atoms with Gasteiger partial charge in [-0.2, -0.15) is 0 Å². The predicted octanol–water partition coefficient (Wildman–Crippen LogP) is 2.84. The minimum atomic E-state index is 0.329. The largest absolute Gasteiger partial charge is 0.384 e. The first kappa shape index (κ1) is 12.5. The summed E-state index contributed by atoms with van der Waals surface area (Å²) >= 11 is 0. The van der Waals surface area contributed by atoms with Crippen LogP contribution in [0.2, 0.25) is 0 Å². The lowest BCUT2D eigenvalue weighted by Gasteiger charge is -2.31. The van der Waals surface area contributed by atoms with Crippen LogP contribution < -0.4 is 5.32 Å². The molecule has 3 nitrogen and oxygen atoms in total. The van der Waals surface area contributed by atoms with Gasteiger partial charge in [-0.1, -0.05) is 25.1 Å². The third kappa shape index (κ3) is 2.60. The summed E-state index contributed by atoms with van der Waals surface area (Å²) in [7, 11) is 0. The van der Waals surface area contributed by atoms with Gasteiger partial charge in [-0.15, -0.1) is 0 Å². The second kappa shape index (κ2) is 5.24. The minimum absolute atomic E-state index is 0.329. The Kier molecular flexibility index (Phi) is 3.45. The topological polar surface area (TPSA) is 32.3 Å². The Morgan fingerprint density at radius 3 is 2.84 bits per heavy atom. The number of anilines is 1. The average Bonchev–Trinajstić information content (AvgIpc) is 2.83. The van der Waals surface area contributed by atoms with Gasteiger partial charge in [-0.25, -0.2) is 0 Å². The highest BCUT2D eigenvalue weighted by Gasteiger charge is 2.27. The lowest BCUT2D eigenvalue weighted by molar-refractivity contribution is -0.132. The fraction of sp³-hybridized carbons (Fsp3) is 0.562. The average molecular weight is 258 g/mol. The van der Waals surface area contributed by atoms with Crippen molar-refractivity contribution >= 4 is 11.6 Å². The number of fused-ring (bicyclic) bond motifs is 1. The van der Waals surface area contributed by atoms with Crippen molar-refractivity contribution in [2.24, 2.45) is 5.92 Å². The van der Waals surface area contributed by atoms with E-state index in [0.717, 1.165) is 38.4 Å². The summed E-state index contributed by atoms with van der Waals surface area (Å²) in [6, 6.07) is 8.35. The zero-order valence-electron chi connectivity index (χ0n) is 11.6. The maximum atomic E-state index is 12.4. The molecule has 2 aliphatic rings. The molecule has 1 amide bonds. The van der Waals surface area contributed by atoms with Crippen LogP contribution in [-0.2, 0) is 4.79 Å². The van der Waals surface area contributed by atoms with E-state index in [4.69, 9.17) is 0 Å². The molecule has 0 radical (unpaired) electrons. The Morgan fingerprint density at radius 1 is 1.32 bits per heavy atom. The number of carbonyl (C=O) groups is 1. The van der Waals surface area contributed by atoms with Crippen molar-refractivity contribution < 1.29 is 4.79 Å². The summed E-state index contributed by atoms with van der Waals surface area (Å²) in [6.07, 6.45) is 2.97. The molecule has 3 rings (SSSR count). The van der Waals surface area contributed by atoms with E-state index in [2.05, 4.69) is 35.3 Å². The number of rotatable bonds is 2. The minimum Gasteiger partial charge on any atom is -0.384 e. The smallest absolute Gasteiger partial charge is 0.223 e. The normalized spacial score (nSPS) is 23.0. The monoisotopic (exact) mass is 258 g/mol. The molecule has 2 aliphatic heterocycles. The van der Waals surface area contributed by atoms with Crippen LogP contribution in [0.15, 0.2) is 24.3 Å². The highest BCUT2D eigenvalue weighted by Crippen LogP contribution is 2.33. The van der Waals surface area contributed by atoms with Crippen LogP contribution >= 0.6 is 0 Å². The SMILES string of the molecule is CC1CCN(C(=O)CC2CNc3ccccc32)CC1. The van der Waals surface area contributed by atoms with Crippen molar-refractivity contribution in [1.82, 2.24) is 4.90 Å². The van der Waals surface area contributed by atoms with Crippen LogP contribution in [-0.4, -0.2) is 30.4 Å². The summed E-state index contributed by atoms with van der Waals surface area (Å²) in [4.78, 5) is 14.4. The number of likely N-dealkylation sites (tertiary alicyclic amines) is 1. The number of carbonyl (C=O) groups excluding carboxylic acids is 1. The summed E-state index contributed by atoms with van der Waals surface area (Å²) in [5.41, 5.74) is 2.51. The maximum Gasteiger partial charge on any atom is 0.223 e. The van der Waals surface area contributed by atoms with Gasteiger partial charge in [0.25, 0.3) is 0 Å². The maximum absolute atomic E-state index is 12.4. The standard InChI is InChI=1S/C16H22N2O/c1-12-6-8-18(9-7-12)16(19)10-13-11-17-15-5-3-2-4-14(13)15/h2-5,12-13,17H,6-11H2,1H3. The first-order valence-electron chi connectivity index (χ1n) is 7.34. The van der Waals surface area contributed by atoms with Gasteiger partial charge >= 0.3 is 0 Å². The number of amides is 1. The van der Waals surface area contributed by atoms with Gasteiger partial charge in [0.05, 0.1) is 0 Å². The molecular formula is C16H22N2O. The Labute approximate surface area is 115 Å². The van der Waals surface area contributed by atoms with E-state index in [1.54, 1.807) is 0 Å². The van der Waals surface area contributed by atoms with E-state index in [0.29, 0.717) is 18.2 Å². The van der Waals surface area contributed by atoms with Gasteiger partial charge in [-0.05, 0) is 30.4 Å². The molecule has 1 saturated heterocycles. The summed E-state index contributed by atoms with van der Waals surface area (Å²) in [5.74, 6) is 1.45.